The number of anilines is 1. The highest BCUT2D eigenvalue weighted by atomic mass is 19.1. The zero-order valence-electron chi connectivity index (χ0n) is 17.8. The van der Waals surface area contributed by atoms with Crippen LogP contribution in [0.15, 0.2) is 18.2 Å². The molecule has 30 heavy (non-hydrogen) atoms. The van der Waals surface area contributed by atoms with Crippen molar-refractivity contribution in [3.05, 3.63) is 29.6 Å². The number of nitrogens with zero attached hydrogens (tertiary/aromatic N) is 2. The number of halogens is 1. The van der Waals surface area contributed by atoms with Crippen LogP contribution in [-0.4, -0.2) is 66.2 Å². The van der Waals surface area contributed by atoms with Gasteiger partial charge in [0.15, 0.2) is 5.78 Å². The number of ether oxygens (including phenoxy) is 1. The van der Waals surface area contributed by atoms with Crippen molar-refractivity contribution in [3.8, 4) is 0 Å². The number of carbonyl (C=O) groups is 2. The molecule has 0 radical (unpaired) electrons. The quantitative estimate of drug-likeness (QED) is 0.792. The molecule has 0 amide bonds. The van der Waals surface area contributed by atoms with E-state index in [1.165, 1.54) is 12.1 Å². The van der Waals surface area contributed by atoms with Gasteiger partial charge in [0.1, 0.15) is 11.4 Å². The van der Waals surface area contributed by atoms with E-state index in [0.717, 1.165) is 57.5 Å². The highest BCUT2D eigenvalue weighted by molar-refractivity contribution is 5.89. The van der Waals surface area contributed by atoms with Gasteiger partial charge in [-0.3, -0.25) is 9.69 Å². The summed E-state index contributed by atoms with van der Waals surface area (Å²) < 4.78 is 20.0. The maximum Gasteiger partial charge on any atom is 0.338 e. The highest BCUT2D eigenvalue weighted by Gasteiger charge is 2.52. The minimum Gasteiger partial charge on any atom is -0.478 e. The van der Waals surface area contributed by atoms with Crippen LogP contribution in [-0.2, 0) is 9.53 Å². The Bertz CT molecular complexity index is 817. The Morgan fingerprint density at radius 3 is 2.57 bits per heavy atom. The van der Waals surface area contributed by atoms with E-state index in [-0.39, 0.29) is 11.3 Å². The fraction of sp³-hybridized carbons (Fsp3) is 0.652. The normalized spacial score (nSPS) is 30.7. The van der Waals surface area contributed by atoms with Crippen molar-refractivity contribution in [2.24, 2.45) is 11.8 Å². The molecule has 1 aromatic rings. The van der Waals surface area contributed by atoms with Crippen LogP contribution in [0.1, 0.15) is 49.9 Å². The van der Waals surface area contributed by atoms with Crippen LogP contribution in [0.2, 0.25) is 0 Å². The molecule has 0 spiro atoms. The molecule has 3 aliphatic rings. The van der Waals surface area contributed by atoms with Gasteiger partial charge in [-0.1, -0.05) is 6.92 Å². The van der Waals surface area contributed by atoms with Crippen LogP contribution in [0.5, 0.6) is 0 Å². The minimum absolute atomic E-state index is 0.171. The first-order valence-corrected chi connectivity index (χ1v) is 11.0. The maximum absolute atomic E-state index is 13.8. The molecule has 3 atom stereocenters. The van der Waals surface area contributed by atoms with E-state index < -0.39 is 17.4 Å². The molecular weight excluding hydrogens is 387 g/mol. The molecular formula is C23H31FN2O4. The first kappa shape index (κ1) is 21.2. The van der Waals surface area contributed by atoms with Crippen molar-refractivity contribution >= 4 is 17.4 Å². The zero-order valence-corrected chi connectivity index (χ0v) is 17.8. The summed E-state index contributed by atoms with van der Waals surface area (Å²) in [6.45, 7) is 7.71. The molecule has 1 aliphatic carbocycles. The van der Waals surface area contributed by atoms with Crippen molar-refractivity contribution in [3.63, 3.8) is 0 Å². The molecule has 7 heteroatoms. The van der Waals surface area contributed by atoms with Crippen LogP contribution in [0.4, 0.5) is 10.1 Å². The number of carbonyl (C=O) groups excluding carboxylic acids is 1. The average molecular weight is 419 g/mol. The Kier molecular flexibility index (Phi) is 5.86. The number of benzene rings is 1. The average Bonchev–Trinajstić information content (AvgIpc) is 3.56. The van der Waals surface area contributed by atoms with E-state index in [0.29, 0.717) is 24.5 Å². The number of carboxylic acid groups (broad SMARTS) is 1. The topological polar surface area (TPSA) is 70.1 Å². The van der Waals surface area contributed by atoms with Gasteiger partial charge in [-0.05, 0) is 62.6 Å². The van der Waals surface area contributed by atoms with Crippen molar-refractivity contribution in [1.29, 1.82) is 0 Å². The van der Waals surface area contributed by atoms with Crippen LogP contribution >= 0.6 is 0 Å². The summed E-state index contributed by atoms with van der Waals surface area (Å²) >= 11 is 0. The van der Waals surface area contributed by atoms with Crippen molar-refractivity contribution in [2.45, 2.75) is 51.2 Å². The molecule has 2 heterocycles. The molecule has 2 saturated heterocycles. The molecule has 2 unspecified atom stereocenters. The predicted octanol–water partition coefficient (Wildman–Crippen LogP) is 3.20. The zero-order chi connectivity index (χ0) is 21.5. The Labute approximate surface area is 177 Å². The first-order valence-electron chi connectivity index (χ1n) is 11.0. The van der Waals surface area contributed by atoms with E-state index in [1.54, 1.807) is 13.0 Å². The van der Waals surface area contributed by atoms with E-state index in [2.05, 4.69) is 16.7 Å². The Balaban J connectivity index is 1.42. The van der Waals surface area contributed by atoms with Gasteiger partial charge >= 0.3 is 5.97 Å². The number of hydrogen-bond donors (Lipinski definition) is 1. The number of rotatable bonds is 5. The van der Waals surface area contributed by atoms with Crippen LogP contribution in [0, 0.1) is 17.7 Å². The number of aromatic carboxylic acids is 1. The summed E-state index contributed by atoms with van der Waals surface area (Å²) in [4.78, 5) is 28.2. The number of carboxylic acids is 1. The van der Waals surface area contributed by atoms with Crippen molar-refractivity contribution in [2.75, 3.05) is 37.7 Å². The maximum atomic E-state index is 13.8. The fourth-order valence-electron chi connectivity index (χ4n) is 5.21. The number of Topliss-reactive ketones (excluding diaryl/α,β-unsaturated/α-hetero) is 1. The van der Waals surface area contributed by atoms with Gasteiger partial charge in [0.2, 0.25) is 0 Å². The van der Waals surface area contributed by atoms with Gasteiger partial charge in [0, 0.05) is 37.9 Å². The van der Waals surface area contributed by atoms with Gasteiger partial charge in [-0.15, -0.1) is 0 Å². The lowest BCUT2D eigenvalue weighted by molar-refractivity contribution is -0.160. The van der Waals surface area contributed by atoms with Gasteiger partial charge in [-0.2, -0.15) is 0 Å². The minimum atomic E-state index is -1.25. The molecule has 164 valence electrons. The third-order valence-electron chi connectivity index (χ3n) is 7.01. The van der Waals surface area contributed by atoms with Crippen LogP contribution in [0.3, 0.4) is 0 Å². The van der Waals surface area contributed by atoms with E-state index >= 15 is 0 Å². The molecule has 1 aromatic carbocycles. The largest absolute Gasteiger partial charge is 0.478 e. The molecule has 0 bridgehead atoms. The summed E-state index contributed by atoms with van der Waals surface area (Å²) in [7, 11) is 0. The summed E-state index contributed by atoms with van der Waals surface area (Å²) in [5, 5.41) is 9.23. The third-order valence-corrected chi connectivity index (χ3v) is 7.01. The van der Waals surface area contributed by atoms with Gasteiger partial charge in [0.05, 0.1) is 12.2 Å². The Hall–Kier alpha value is -1.99. The molecule has 0 aromatic heterocycles. The molecule has 3 fully saturated rings. The van der Waals surface area contributed by atoms with Crippen molar-refractivity contribution < 1.29 is 23.8 Å². The van der Waals surface area contributed by atoms with Crippen LogP contribution in [0.25, 0.3) is 0 Å². The third kappa shape index (κ3) is 4.10. The molecule has 1 N–H and O–H groups in total. The lowest BCUT2D eigenvalue weighted by atomic mass is 9.84. The highest BCUT2D eigenvalue weighted by Crippen LogP contribution is 2.47. The molecule has 4 rings (SSSR count). The smallest absolute Gasteiger partial charge is 0.338 e. The van der Waals surface area contributed by atoms with Crippen molar-refractivity contribution in [1.82, 2.24) is 4.90 Å². The van der Waals surface area contributed by atoms with Gasteiger partial charge < -0.3 is 14.7 Å². The first-order chi connectivity index (χ1) is 14.3. The predicted molar refractivity (Wildman–Crippen MR) is 111 cm³/mol. The summed E-state index contributed by atoms with van der Waals surface area (Å²) in [6.07, 6.45) is 3.95. The lowest BCUT2D eigenvalue weighted by Crippen LogP contribution is -2.53. The summed E-state index contributed by atoms with van der Waals surface area (Å²) in [6, 6.07) is 4.62. The Morgan fingerprint density at radius 2 is 1.97 bits per heavy atom. The van der Waals surface area contributed by atoms with Gasteiger partial charge in [-0.25, -0.2) is 9.18 Å². The Morgan fingerprint density at radius 1 is 1.20 bits per heavy atom. The fourth-order valence-corrected chi connectivity index (χ4v) is 5.21. The van der Waals surface area contributed by atoms with Crippen LogP contribution < -0.4 is 4.90 Å². The molecule has 2 aliphatic heterocycles. The second kappa shape index (κ2) is 8.27. The van der Waals surface area contributed by atoms with E-state index in [4.69, 9.17) is 4.74 Å². The monoisotopic (exact) mass is 418 g/mol. The molecule has 6 nitrogen and oxygen atoms in total. The number of ketones is 1. The summed E-state index contributed by atoms with van der Waals surface area (Å²) in [5.74, 6) is -1.02. The lowest BCUT2D eigenvalue weighted by Gasteiger charge is -2.42. The second-order valence-corrected chi connectivity index (χ2v) is 9.24. The standard InChI is InChI=1S/C23H31FN2O4/c1-15-12-25(18-5-6-21(24)20(11-18)22(28)29)9-10-26(13-15)19-7-8-23(16(2)27,30-14-19)17-3-4-17/h5-6,11,15,17,19H,3-4,7-10,12-14H2,1-2H3,(H,28,29)/t15?,19?,23-/m1/s1. The summed E-state index contributed by atoms with van der Waals surface area (Å²) in [5.41, 5.74) is -0.101. The number of hydrogen-bond acceptors (Lipinski definition) is 5. The molecule has 1 saturated carbocycles. The van der Waals surface area contributed by atoms with Gasteiger partial charge in [0.25, 0.3) is 0 Å². The SMILES string of the molecule is CC(=O)[C@@]1(C2CC2)CCC(N2CCN(c3ccc(F)c(C(=O)O)c3)CC(C)C2)CO1. The van der Waals surface area contributed by atoms with E-state index in [9.17, 15) is 19.1 Å². The van der Waals surface area contributed by atoms with E-state index in [1.807, 2.05) is 0 Å². The second-order valence-electron chi connectivity index (χ2n) is 9.24.